The summed E-state index contributed by atoms with van der Waals surface area (Å²) in [6.07, 6.45) is 4.61. The van der Waals surface area contributed by atoms with Crippen molar-refractivity contribution in [2.45, 2.75) is 38.6 Å². The van der Waals surface area contributed by atoms with Gasteiger partial charge in [0.15, 0.2) is 0 Å². The fraction of sp³-hybridized carbons (Fsp3) is 0.393. The van der Waals surface area contributed by atoms with E-state index in [-0.39, 0.29) is 11.9 Å². The summed E-state index contributed by atoms with van der Waals surface area (Å²) in [5.74, 6) is 0.898. The molecular formula is C28H33N3O2S. The quantitative estimate of drug-likeness (QED) is 0.511. The summed E-state index contributed by atoms with van der Waals surface area (Å²) in [6, 6.07) is 19.1. The average molecular weight is 476 g/mol. The number of fused-ring (bicyclic) bond motifs is 1. The van der Waals surface area contributed by atoms with Crippen molar-refractivity contribution >= 4 is 27.9 Å². The molecule has 5 rings (SSSR count). The predicted octanol–water partition coefficient (Wildman–Crippen LogP) is 5.51. The molecule has 1 unspecified atom stereocenters. The number of hydrogen-bond acceptors (Lipinski definition) is 5. The molecule has 6 heteroatoms. The second-order valence-electron chi connectivity index (χ2n) is 9.14. The topological polar surface area (TPSA) is 44.8 Å². The summed E-state index contributed by atoms with van der Waals surface area (Å²) in [6.45, 7) is 5.44. The number of piperazine rings is 1. The third kappa shape index (κ3) is 4.57. The molecule has 34 heavy (non-hydrogen) atoms. The first-order valence-electron chi connectivity index (χ1n) is 12.2. The Labute approximate surface area is 206 Å². The van der Waals surface area contributed by atoms with Crippen LogP contribution in [0.4, 0.5) is 10.7 Å². The lowest BCUT2D eigenvalue weighted by Crippen LogP contribution is -2.48. The molecule has 1 saturated heterocycles. The van der Waals surface area contributed by atoms with E-state index in [9.17, 15) is 4.79 Å². The zero-order valence-electron chi connectivity index (χ0n) is 20.0. The molecule has 1 aromatic heterocycles. The number of methoxy groups -OCH3 is 1. The van der Waals surface area contributed by atoms with E-state index in [0.29, 0.717) is 0 Å². The Morgan fingerprint density at radius 3 is 2.41 bits per heavy atom. The first-order chi connectivity index (χ1) is 16.7. The Morgan fingerprint density at radius 1 is 0.971 bits per heavy atom. The van der Waals surface area contributed by atoms with Gasteiger partial charge in [-0.15, -0.1) is 11.3 Å². The van der Waals surface area contributed by atoms with Gasteiger partial charge in [0, 0.05) is 54.8 Å². The molecule has 3 aromatic rings. The Bertz CT molecular complexity index is 1140. The van der Waals surface area contributed by atoms with Crippen molar-refractivity contribution in [2.24, 2.45) is 0 Å². The molecule has 5 nitrogen and oxygen atoms in total. The molecule has 1 aliphatic carbocycles. The van der Waals surface area contributed by atoms with Crippen LogP contribution in [0.15, 0.2) is 54.6 Å². The number of para-hydroxylation sites is 2. The van der Waals surface area contributed by atoms with E-state index in [1.165, 1.54) is 40.1 Å². The van der Waals surface area contributed by atoms with Crippen molar-refractivity contribution in [3.8, 4) is 5.75 Å². The number of amides is 1. The SMILES string of the molecule is COc1ccccc1C(c1c(NC(C)=O)sc2c1CCCC2)N1CCN(c2ccccc2)CC1. The maximum absolute atomic E-state index is 12.2. The van der Waals surface area contributed by atoms with Gasteiger partial charge in [-0.1, -0.05) is 36.4 Å². The second-order valence-corrected chi connectivity index (χ2v) is 10.2. The third-order valence-electron chi connectivity index (χ3n) is 7.01. The zero-order chi connectivity index (χ0) is 23.5. The number of carbonyl (C=O) groups excluding carboxylic acids is 1. The summed E-state index contributed by atoms with van der Waals surface area (Å²) in [4.78, 5) is 18.7. The molecule has 2 aromatic carbocycles. The number of rotatable bonds is 6. The number of aryl methyl sites for hydroxylation is 1. The van der Waals surface area contributed by atoms with E-state index < -0.39 is 0 Å². The second kappa shape index (κ2) is 10.2. The molecule has 0 bridgehead atoms. The van der Waals surface area contributed by atoms with Crippen LogP contribution in [-0.4, -0.2) is 44.1 Å². The van der Waals surface area contributed by atoms with Crippen molar-refractivity contribution in [1.82, 2.24) is 4.90 Å². The Kier molecular flexibility index (Phi) is 6.88. The molecule has 1 N–H and O–H groups in total. The van der Waals surface area contributed by atoms with Gasteiger partial charge in [-0.3, -0.25) is 9.69 Å². The van der Waals surface area contributed by atoms with E-state index in [1.807, 2.05) is 6.07 Å². The number of carbonyl (C=O) groups is 1. The molecule has 2 heterocycles. The van der Waals surface area contributed by atoms with Gasteiger partial charge >= 0.3 is 0 Å². The highest BCUT2D eigenvalue weighted by molar-refractivity contribution is 7.16. The van der Waals surface area contributed by atoms with Crippen LogP contribution < -0.4 is 15.0 Å². The average Bonchev–Trinajstić information content (AvgIpc) is 3.22. The minimum atomic E-state index is -0.00693. The number of nitrogens with one attached hydrogen (secondary N) is 1. The summed E-state index contributed by atoms with van der Waals surface area (Å²) in [5, 5.41) is 4.21. The van der Waals surface area contributed by atoms with Crippen molar-refractivity contribution in [3.63, 3.8) is 0 Å². The largest absolute Gasteiger partial charge is 0.496 e. The number of hydrogen-bond donors (Lipinski definition) is 1. The first kappa shape index (κ1) is 22.9. The molecule has 178 valence electrons. The fourth-order valence-electron chi connectivity index (χ4n) is 5.44. The van der Waals surface area contributed by atoms with Gasteiger partial charge in [0.05, 0.1) is 13.2 Å². The number of thiophene rings is 1. The third-order valence-corrected chi connectivity index (χ3v) is 8.23. The van der Waals surface area contributed by atoms with Crippen LogP contribution in [0, 0.1) is 0 Å². The van der Waals surface area contributed by atoms with Gasteiger partial charge in [0.1, 0.15) is 10.8 Å². The summed E-state index contributed by atoms with van der Waals surface area (Å²) in [5.41, 5.74) is 5.19. The van der Waals surface area contributed by atoms with E-state index in [1.54, 1.807) is 25.4 Å². The molecule has 1 aliphatic heterocycles. The normalized spacial score (nSPS) is 17.2. The molecule has 2 aliphatic rings. The van der Waals surface area contributed by atoms with Crippen LogP contribution in [0.3, 0.4) is 0 Å². The lowest BCUT2D eigenvalue weighted by atomic mass is 9.88. The summed E-state index contributed by atoms with van der Waals surface area (Å²) < 4.78 is 5.85. The summed E-state index contributed by atoms with van der Waals surface area (Å²) >= 11 is 1.78. The van der Waals surface area contributed by atoms with E-state index >= 15 is 0 Å². The minimum Gasteiger partial charge on any atom is -0.496 e. The highest BCUT2D eigenvalue weighted by Crippen LogP contribution is 2.47. The van der Waals surface area contributed by atoms with E-state index in [2.05, 4.69) is 63.6 Å². The molecule has 1 atom stereocenters. The molecular weight excluding hydrogens is 442 g/mol. The van der Waals surface area contributed by atoms with E-state index in [4.69, 9.17) is 4.74 Å². The molecule has 1 fully saturated rings. The Balaban J connectivity index is 1.56. The van der Waals surface area contributed by atoms with Gasteiger partial charge in [0.25, 0.3) is 0 Å². The highest BCUT2D eigenvalue weighted by Gasteiger charge is 2.35. The van der Waals surface area contributed by atoms with Gasteiger partial charge in [0.2, 0.25) is 5.91 Å². The predicted molar refractivity (Wildman–Crippen MR) is 140 cm³/mol. The smallest absolute Gasteiger partial charge is 0.221 e. The lowest BCUT2D eigenvalue weighted by Gasteiger charge is -2.41. The van der Waals surface area contributed by atoms with Crippen molar-refractivity contribution < 1.29 is 9.53 Å². The van der Waals surface area contributed by atoms with Crippen LogP contribution in [0.2, 0.25) is 0 Å². The van der Waals surface area contributed by atoms with Crippen molar-refractivity contribution in [3.05, 3.63) is 76.2 Å². The number of nitrogens with zero attached hydrogens (tertiary/aromatic N) is 2. The molecule has 0 saturated carbocycles. The van der Waals surface area contributed by atoms with Gasteiger partial charge in [-0.2, -0.15) is 0 Å². The lowest BCUT2D eigenvalue weighted by molar-refractivity contribution is -0.114. The zero-order valence-corrected chi connectivity index (χ0v) is 20.9. The van der Waals surface area contributed by atoms with Crippen LogP contribution >= 0.6 is 11.3 Å². The minimum absolute atomic E-state index is 0.00693. The fourth-order valence-corrected chi connectivity index (χ4v) is 6.80. The Hall–Kier alpha value is -2.83. The van der Waals surface area contributed by atoms with Crippen LogP contribution in [-0.2, 0) is 17.6 Å². The highest BCUT2D eigenvalue weighted by atomic mass is 32.1. The van der Waals surface area contributed by atoms with Gasteiger partial charge in [-0.25, -0.2) is 0 Å². The van der Waals surface area contributed by atoms with Gasteiger partial charge < -0.3 is 15.0 Å². The number of ether oxygens (including phenoxy) is 1. The Morgan fingerprint density at radius 2 is 1.68 bits per heavy atom. The molecule has 0 spiro atoms. The maximum atomic E-state index is 12.2. The first-order valence-corrected chi connectivity index (χ1v) is 13.1. The van der Waals surface area contributed by atoms with Crippen LogP contribution in [0.1, 0.15) is 47.4 Å². The van der Waals surface area contributed by atoms with Crippen LogP contribution in [0.25, 0.3) is 0 Å². The maximum Gasteiger partial charge on any atom is 0.221 e. The summed E-state index contributed by atoms with van der Waals surface area (Å²) in [7, 11) is 1.75. The van der Waals surface area contributed by atoms with Crippen LogP contribution in [0.5, 0.6) is 5.75 Å². The molecule has 0 radical (unpaired) electrons. The monoisotopic (exact) mass is 475 g/mol. The van der Waals surface area contributed by atoms with E-state index in [0.717, 1.165) is 49.8 Å². The number of anilines is 2. The van der Waals surface area contributed by atoms with Gasteiger partial charge in [-0.05, 0) is 49.4 Å². The molecule has 1 amide bonds. The standard InChI is InChI=1S/C28H33N3O2S/c1-20(32)29-28-26(23-13-7-9-15-25(23)34-28)27(22-12-6-8-14-24(22)33-2)31-18-16-30(17-19-31)21-10-4-3-5-11-21/h3-6,8,10-12,14,27H,7,9,13,15-19H2,1-2H3,(H,29,32). The van der Waals surface area contributed by atoms with Crippen molar-refractivity contribution in [1.29, 1.82) is 0 Å². The number of benzene rings is 2. The van der Waals surface area contributed by atoms with Crippen molar-refractivity contribution in [2.75, 3.05) is 43.5 Å².